The fourth-order valence-corrected chi connectivity index (χ4v) is 1.48. The van der Waals surface area contributed by atoms with E-state index in [2.05, 4.69) is 13.2 Å². The van der Waals surface area contributed by atoms with E-state index in [1.54, 1.807) is 43.5 Å². The van der Waals surface area contributed by atoms with Crippen molar-refractivity contribution in [2.75, 3.05) is 7.11 Å². The molecule has 0 aromatic heterocycles. The molecule has 0 saturated heterocycles. The van der Waals surface area contributed by atoms with Gasteiger partial charge in [0.1, 0.15) is 5.75 Å². The molecule has 0 bridgehead atoms. The van der Waals surface area contributed by atoms with Gasteiger partial charge in [-0.2, -0.15) is 0 Å². The van der Waals surface area contributed by atoms with Crippen LogP contribution in [0.1, 0.15) is 17.3 Å². The molecule has 1 aromatic carbocycles. The first kappa shape index (κ1) is 14.7. The van der Waals surface area contributed by atoms with E-state index < -0.39 is 0 Å². The minimum Gasteiger partial charge on any atom is -0.497 e. The molecule has 0 saturated carbocycles. The number of hydrogen-bond acceptors (Lipinski definition) is 2. The summed E-state index contributed by atoms with van der Waals surface area (Å²) in [6.45, 7) is 9.38. The summed E-state index contributed by atoms with van der Waals surface area (Å²) in [5.41, 5.74) is 2.39. The van der Waals surface area contributed by atoms with Crippen molar-refractivity contribution in [2.45, 2.75) is 6.92 Å². The van der Waals surface area contributed by atoms with Crippen molar-refractivity contribution in [3.05, 3.63) is 78.4 Å². The van der Waals surface area contributed by atoms with Crippen LogP contribution in [0, 0.1) is 0 Å². The predicted octanol–water partition coefficient (Wildman–Crippen LogP) is 4.12. The summed E-state index contributed by atoms with van der Waals surface area (Å²) < 4.78 is 5.05. The summed E-state index contributed by atoms with van der Waals surface area (Å²) >= 11 is 0. The Morgan fingerprint density at radius 1 is 1.21 bits per heavy atom. The minimum atomic E-state index is -0.0582. The second-order valence-electron chi connectivity index (χ2n) is 4.12. The van der Waals surface area contributed by atoms with Crippen LogP contribution in [0.4, 0.5) is 0 Å². The summed E-state index contributed by atoms with van der Waals surface area (Å²) in [5.74, 6) is 0.673. The normalized spacial score (nSPS) is 11.4. The summed E-state index contributed by atoms with van der Waals surface area (Å²) in [6.07, 6.45) is 6.81. The maximum atomic E-state index is 11.9. The second kappa shape index (κ2) is 7.17. The molecule has 0 aliphatic carbocycles. The van der Waals surface area contributed by atoms with Gasteiger partial charge in [-0.15, -0.1) is 0 Å². The number of methoxy groups -OCH3 is 1. The highest BCUT2D eigenvalue weighted by molar-refractivity contribution is 6.04. The van der Waals surface area contributed by atoms with Crippen molar-refractivity contribution in [1.82, 2.24) is 0 Å². The van der Waals surface area contributed by atoms with E-state index in [1.165, 1.54) is 6.08 Å². The highest BCUT2D eigenvalue weighted by Gasteiger charge is 2.01. The first-order valence-corrected chi connectivity index (χ1v) is 5.93. The molecule has 0 N–H and O–H groups in total. The van der Waals surface area contributed by atoms with Crippen molar-refractivity contribution in [2.24, 2.45) is 0 Å². The van der Waals surface area contributed by atoms with Crippen molar-refractivity contribution < 1.29 is 9.53 Å². The van der Waals surface area contributed by atoms with E-state index in [0.717, 1.165) is 16.9 Å². The molecule has 2 heteroatoms. The van der Waals surface area contributed by atoms with Gasteiger partial charge in [-0.25, -0.2) is 0 Å². The van der Waals surface area contributed by atoms with Crippen molar-refractivity contribution in [3.63, 3.8) is 0 Å². The molecule has 0 fully saturated rings. The van der Waals surface area contributed by atoms with Gasteiger partial charge in [0.2, 0.25) is 0 Å². The average molecular weight is 254 g/mol. The number of carbonyl (C=O) groups excluding carboxylic acids is 1. The molecule has 2 nitrogen and oxygen atoms in total. The lowest BCUT2D eigenvalue weighted by Gasteiger charge is -2.00. The predicted molar refractivity (Wildman–Crippen MR) is 79.6 cm³/mol. The van der Waals surface area contributed by atoms with Crippen molar-refractivity contribution in [1.29, 1.82) is 0 Å². The van der Waals surface area contributed by atoms with Gasteiger partial charge >= 0.3 is 0 Å². The molecule has 1 aromatic rings. The monoisotopic (exact) mass is 254 g/mol. The molecular formula is C17H18O2. The zero-order valence-corrected chi connectivity index (χ0v) is 11.3. The quantitative estimate of drug-likeness (QED) is 0.433. The average Bonchev–Trinajstić information content (AvgIpc) is 2.42. The Balaban J connectivity index is 2.83. The van der Waals surface area contributed by atoms with Crippen LogP contribution in [0.15, 0.2) is 72.9 Å². The summed E-state index contributed by atoms with van der Waals surface area (Å²) in [4.78, 5) is 11.9. The molecule has 0 aliphatic heterocycles. The van der Waals surface area contributed by atoms with Crippen molar-refractivity contribution in [3.8, 4) is 5.75 Å². The van der Waals surface area contributed by atoms with Gasteiger partial charge in [-0.05, 0) is 42.8 Å². The van der Waals surface area contributed by atoms with E-state index in [1.807, 2.05) is 13.0 Å². The van der Waals surface area contributed by atoms with E-state index in [4.69, 9.17) is 4.74 Å². The Labute approximate surface area is 114 Å². The maximum absolute atomic E-state index is 11.9. The van der Waals surface area contributed by atoms with Crippen LogP contribution in [-0.2, 0) is 0 Å². The van der Waals surface area contributed by atoms with E-state index in [0.29, 0.717) is 5.56 Å². The third kappa shape index (κ3) is 4.80. The Morgan fingerprint density at radius 3 is 2.32 bits per heavy atom. The number of allylic oxidation sites excluding steroid dienone is 6. The van der Waals surface area contributed by atoms with Crippen LogP contribution in [0.3, 0.4) is 0 Å². The standard InChI is InChI=1S/C17H18O2/c1-5-14(12-13(2)3)6-11-17(18)15-7-9-16(19-4)10-8-15/h5-12H,1-2H2,3-4H3/b11-6+,14-12+. The van der Waals surface area contributed by atoms with Gasteiger partial charge in [-0.3, -0.25) is 4.79 Å². The van der Waals surface area contributed by atoms with Crippen molar-refractivity contribution >= 4 is 5.78 Å². The zero-order valence-electron chi connectivity index (χ0n) is 11.3. The maximum Gasteiger partial charge on any atom is 0.185 e. The van der Waals surface area contributed by atoms with Gasteiger partial charge in [0.15, 0.2) is 5.78 Å². The lowest BCUT2D eigenvalue weighted by atomic mass is 10.1. The number of ketones is 1. The van der Waals surface area contributed by atoms with Gasteiger partial charge in [0.05, 0.1) is 7.11 Å². The molecular weight excluding hydrogens is 236 g/mol. The Morgan fingerprint density at radius 2 is 1.84 bits per heavy atom. The molecule has 0 radical (unpaired) electrons. The van der Waals surface area contributed by atoms with E-state index in [-0.39, 0.29) is 5.78 Å². The summed E-state index contributed by atoms with van der Waals surface area (Å²) in [6, 6.07) is 7.00. The van der Waals surface area contributed by atoms with Crippen LogP contribution in [-0.4, -0.2) is 12.9 Å². The van der Waals surface area contributed by atoms with Gasteiger partial charge < -0.3 is 4.74 Å². The van der Waals surface area contributed by atoms with E-state index in [9.17, 15) is 4.79 Å². The number of hydrogen-bond donors (Lipinski definition) is 0. The van der Waals surface area contributed by atoms with Crippen LogP contribution in [0.2, 0.25) is 0 Å². The smallest absolute Gasteiger partial charge is 0.185 e. The molecule has 0 heterocycles. The number of carbonyl (C=O) groups is 1. The molecule has 0 unspecified atom stereocenters. The number of rotatable bonds is 6. The second-order valence-corrected chi connectivity index (χ2v) is 4.12. The van der Waals surface area contributed by atoms with Gasteiger partial charge in [0, 0.05) is 5.56 Å². The van der Waals surface area contributed by atoms with Crippen LogP contribution in [0.25, 0.3) is 0 Å². The van der Waals surface area contributed by atoms with Gasteiger partial charge in [0.25, 0.3) is 0 Å². The third-order valence-electron chi connectivity index (χ3n) is 2.45. The lowest BCUT2D eigenvalue weighted by Crippen LogP contribution is -1.94. The molecule has 0 atom stereocenters. The fourth-order valence-electron chi connectivity index (χ4n) is 1.48. The molecule has 0 aliphatic rings. The number of benzene rings is 1. The topological polar surface area (TPSA) is 26.3 Å². The Hall–Kier alpha value is -2.35. The van der Waals surface area contributed by atoms with Crippen LogP contribution >= 0.6 is 0 Å². The van der Waals surface area contributed by atoms with Crippen LogP contribution < -0.4 is 4.74 Å². The highest BCUT2D eigenvalue weighted by Crippen LogP contribution is 2.12. The molecule has 19 heavy (non-hydrogen) atoms. The first-order chi connectivity index (χ1) is 9.06. The zero-order chi connectivity index (χ0) is 14.3. The SMILES string of the molecule is C=CC(/C=C/C(=O)c1ccc(OC)cc1)=C\C(=C)C. The Bertz CT molecular complexity index is 531. The largest absolute Gasteiger partial charge is 0.497 e. The minimum absolute atomic E-state index is 0.0582. The number of ether oxygens (including phenoxy) is 1. The highest BCUT2D eigenvalue weighted by atomic mass is 16.5. The first-order valence-electron chi connectivity index (χ1n) is 5.93. The lowest BCUT2D eigenvalue weighted by molar-refractivity contribution is 0.104. The molecule has 1 rings (SSSR count). The fraction of sp³-hybridized carbons (Fsp3) is 0.118. The Kier molecular flexibility index (Phi) is 5.55. The van der Waals surface area contributed by atoms with Crippen LogP contribution in [0.5, 0.6) is 5.75 Å². The summed E-state index contributed by atoms with van der Waals surface area (Å²) in [7, 11) is 1.59. The van der Waals surface area contributed by atoms with E-state index >= 15 is 0 Å². The summed E-state index contributed by atoms with van der Waals surface area (Å²) in [5, 5.41) is 0. The third-order valence-corrected chi connectivity index (χ3v) is 2.45. The molecule has 98 valence electrons. The molecule has 0 amide bonds. The molecule has 0 spiro atoms. The van der Waals surface area contributed by atoms with Gasteiger partial charge in [-0.1, -0.05) is 37.0 Å².